The Morgan fingerprint density at radius 2 is 2.13 bits per heavy atom. The standard InChI is InChI=1S/C16H12N2O4S/c19-14(11-7-23-15(18-11)8-1-2-8)17-10-3-4-12-9(5-10)6-13(22-12)16(20)21/h3-8H,1-2H2,(H,17,19)(H,20,21). The van der Waals surface area contributed by atoms with E-state index in [1.54, 1.807) is 23.6 Å². The monoisotopic (exact) mass is 328 g/mol. The molecule has 0 bridgehead atoms. The summed E-state index contributed by atoms with van der Waals surface area (Å²) in [6, 6.07) is 6.41. The van der Waals surface area contributed by atoms with Crippen LogP contribution in [0.15, 0.2) is 34.1 Å². The molecule has 0 unspecified atom stereocenters. The summed E-state index contributed by atoms with van der Waals surface area (Å²) in [7, 11) is 0. The molecule has 3 aromatic rings. The molecule has 6 nitrogen and oxygen atoms in total. The number of nitrogens with zero attached hydrogens (tertiary/aromatic N) is 1. The molecule has 1 aliphatic carbocycles. The highest BCUT2D eigenvalue weighted by Gasteiger charge is 2.27. The van der Waals surface area contributed by atoms with Crippen molar-refractivity contribution in [3.8, 4) is 0 Å². The molecule has 7 heteroatoms. The van der Waals surface area contributed by atoms with Gasteiger partial charge in [-0.2, -0.15) is 0 Å². The fraction of sp³-hybridized carbons (Fsp3) is 0.188. The van der Waals surface area contributed by atoms with Gasteiger partial charge in [-0.1, -0.05) is 0 Å². The van der Waals surface area contributed by atoms with Crippen molar-refractivity contribution in [2.24, 2.45) is 0 Å². The van der Waals surface area contributed by atoms with Gasteiger partial charge in [0, 0.05) is 22.4 Å². The third-order valence-electron chi connectivity index (χ3n) is 3.67. The van der Waals surface area contributed by atoms with Crippen LogP contribution in [0.3, 0.4) is 0 Å². The molecule has 1 amide bonds. The Morgan fingerprint density at radius 3 is 2.87 bits per heavy atom. The lowest BCUT2D eigenvalue weighted by Gasteiger charge is -2.02. The Hall–Kier alpha value is -2.67. The maximum absolute atomic E-state index is 12.2. The molecule has 0 saturated heterocycles. The second-order valence-corrected chi connectivity index (χ2v) is 6.36. The largest absolute Gasteiger partial charge is 0.475 e. The topological polar surface area (TPSA) is 92.4 Å². The number of anilines is 1. The summed E-state index contributed by atoms with van der Waals surface area (Å²) in [5.74, 6) is -0.994. The first-order chi connectivity index (χ1) is 11.1. The van der Waals surface area contributed by atoms with E-state index in [0.717, 1.165) is 17.8 Å². The molecule has 23 heavy (non-hydrogen) atoms. The first kappa shape index (κ1) is 14.0. The van der Waals surface area contributed by atoms with Crippen molar-refractivity contribution in [3.63, 3.8) is 0 Å². The second-order valence-electron chi connectivity index (χ2n) is 5.47. The zero-order chi connectivity index (χ0) is 16.0. The van der Waals surface area contributed by atoms with Crippen LogP contribution < -0.4 is 5.32 Å². The van der Waals surface area contributed by atoms with Crippen LogP contribution in [0.4, 0.5) is 5.69 Å². The van der Waals surface area contributed by atoms with Crippen LogP contribution in [0.25, 0.3) is 11.0 Å². The molecule has 1 fully saturated rings. The Bertz CT molecular complexity index is 923. The van der Waals surface area contributed by atoms with Crippen LogP contribution in [-0.2, 0) is 0 Å². The van der Waals surface area contributed by atoms with E-state index in [1.165, 1.54) is 17.4 Å². The van der Waals surface area contributed by atoms with E-state index in [2.05, 4.69) is 10.3 Å². The number of carboxylic acids is 1. The normalized spacial score (nSPS) is 14.1. The molecule has 4 rings (SSSR count). The Morgan fingerprint density at radius 1 is 1.30 bits per heavy atom. The third kappa shape index (κ3) is 2.70. The summed E-state index contributed by atoms with van der Waals surface area (Å²) in [5, 5.41) is 15.1. The first-order valence-corrected chi connectivity index (χ1v) is 8.02. The van der Waals surface area contributed by atoms with Gasteiger partial charge in [0.25, 0.3) is 5.91 Å². The molecule has 2 N–H and O–H groups in total. The van der Waals surface area contributed by atoms with Crippen molar-refractivity contribution in [3.05, 3.63) is 46.1 Å². The van der Waals surface area contributed by atoms with Crippen LogP contribution in [0.5, 0.6) is 0 Å². The molecule has 0 spiro atoms. The van der Waals surface area contributed by atoms with E-state index in [1.807, 2.05) is 0 Å². The van der Waals surface area contributed by atoms with Gasteiger partial charge >= 0.3 is 5.97 Å². The van der Waals surface area contributed by atoms with Crippen LogP contribution in [-0.4, -0.2) is 22.0 Å². The summed E-state index contributed by atoms with van der Waals surface area (Å²) in [6.07, 6.45) is 2.30. The second kappa shape index (κ2) is 5.20. The first-order valence-electron chi connectivity index (χ1n) is 7.14. The zero-order valence-electron chi connectivity index (χ0n) is 11.9. The molecule has 0 radical (unpaired) electrons. The predicted octanol–water partition coefficient (Wildman–Crippen LogP) is 3.72. The Balaban J connectivity index is 1.55. The minimum absolute atomic E-state index is 0.128. The van der Waals surface area contributed by atoms with Crippen molar-refractivity contribution in [2.45, 2.75) is 18.8 Å². The molecule has 1 aromatic carbocycles. The van der Waals surface area contributed by atoms with Crippen molar-refractivity contribution in [1.82, 2.24) is 4.98 Å². The molecule has 1 aliphatic rings. The van der Waals surface area contributed by atoms with E-state index in [4.69, 9.17) is 9.52 Å². The van der Waals surface area contributed by atoms with Gasteiger partial charge in [0.05, 0.1) is 5.01 Å². The van der Waals surface area contributed by atoms with Crippen molar-refractivity contribution < 1.29 is 19.1 Å². The maximum Gasteiger partial charge on any atom is 0.371 e. The number of carboxylic acid groups (broad SMARTS) is 1. The van der Waals surface area contributed by atoms with Crippen LogP contribution in [0.1, 0.15) is 44.8 Å². The number of fused-ring (bicyclic) bond motifs is 1. The van der Waals surface area contributed by atoms with Gasteiger partial charge in [0.1, 0.15) is 11.3 Å². The summed E-state index contributed by atoms with van der Waals surface area (Å²) in [4.78, 5) is 27.5. The highest BCUT2D eigenvalue weighted by atomic mass is 32.1. The molecular weight excluding hydrogens is 316 g/mol. The summed E-state index contributed by atoms with van der Waals surface area (Å²) >= 11 is 1.52. The highest BCUT2D eigenvalue weighted by Crippen LogP contribution is 2.41. The molecule has 1 saturated carbocycles. The number of carbonyl (C=O) groups excluding carboxylic acids is 1. The molecule has 2 aromatic heterocycles. The van der Waals surface area contributed by atoms with E-state index in [0.29, 0.717) is 28.3 Å². The number of carbonyl (C=O) groups is 2. The lowest BCUT2D eigenvalue weighted by Crippen LogP contribution is -2.12. The van der Waals surface area contributed by atoms with Crippen LogP contribution in [0, 0.1) is 0 Å². The van der Waals surface area contributed by atoms with Crippen LogP contribution in [0.2, 0.25) is 0 Å². The van der Waals surface area contributed by atoms with Crippen molar-refractivity contribution >= 4 is 39.9 Å². The lowest BCUT2D eigenvalue weighted by molar-refractivity contribution is 0.0665. The quantitative estimate of drug-likeness (QED) is 0.761. The number of rotatable bonds is 4. The number of amides is 1. The number of furan rings is 1. The van der Waals surface area contributed by atoms with Gasteiger partial charge in [0.2, 0.25) is 5.76 Å². The third-order valence-corrected chi connectivity index (χ3v) is 4.67. The predicted molar refractivity (Wildman–Crippen MR) is 85.2 cm³/mol. The number of nitrogens with one attached hydrogen (secondary N) is 1. The van der Waals surface area contributed by atoms with Gasteiger partial charge in [0.15, 0.2) is 0 Å². The Kier molecular flexibility index (Phi) is 3.16. The van der Waals surface area contributed by atoms with Crippen molar-refractivity contribution in [1.29, 1.82) is 0 Å². The van der Waals surface area contributed by atoms with Gasteiger partial charge in [-0.15, -0.1) is 11.3 Å². The maximum atomic E-state index is 12.2. The number of thiazole rings is 1. The number of aromatic nitrogens is 1. The smallest absolute Gasteiger partial charge is 0.371 e. The molecule has 116 valence electrons. The van der Waals surface area contributed by atoms with Crippen molar-refractivity contribution in [2.75, 3.05) is 5.32 Å². The number of aromatic carboxylic acids is 1. The fourth-order valence-electron chi connectivity index (χ4n) is 2.33. The molecule has 0 aliphatic heterocycles. The van der Waals surface area contributed by atoms with Gasteiger partial charge in [-0.3, -0.25) is 4.79 Å². The van der Waals surface area contributed by atoms with Gasteiger partial charge < -0.3 is 14.8 Å². The number of benzene rings is 1. The minimum Gasteiger partial charge on any atom is -0.475 e. The summed E-state index contributed by atoms with van der Waals surface area (Å²) < 4.78 is 5.19. The summed E-state index contributed by atoms with van der Waals surface area (Å²) in [6.45, 7) is 0. The van der Waals surface area contributed by atoms with E-state index in [-0.39, 0.29) is 11.7 Å². The SMILES string of the molecule is O=C(Nc1ccc2oc(C(=O)O)cc2c1)c1csc(C2CC2)n1. The highest BCUT2D eigenvalue weighted by molar-refractivity contribution is 7.10. The van der Waals surface area contributed by atoms with Crippen LogP contribution >= 0.6 is 11.3 Å². The number of hydrogen-bond donors (Lipinski definition) is 2. The number of hydrogen-bond acceptors (Lipinski definition) is 5. The molecule has 2 heterocycles. The minimum atomic E-state index is -1.12. The lowest BCUT2D eigenvalue weighted by atomic mass is 10.2. The fourth-order valence-corrected chi connectivity index (χ4v) is 3.30. The average Bonchev–Trinajstić information content (AvgIpc) is 3.10. The molecule has 0 atom stereocenters. The average molecular weight is 328 g/mol. The van der Waals surface area contributed by atoms with Gasteiger partial charge in [-0.25, -0.2) is 9.78 Å². The Labute approximate surface area is 134 Å². The van der Waals surface area contributed by atoms with Gasteiger partial charge in [-0.05, 0) is 37.1 Å². The van der Waals surface area contributed by atoms with E-state index >= 15 is 0 Å². The van der Waals surface area contributed by atoms with E-state index in [9.17, 15) is 9.59 Å². The van der Waals surface area contributed by atoms with E-state index < -0.39 is 5.97 Å². The molecular formula is C16H12N2O4S. The zero-order valence-corrected chi connectivity index (χ0v) is 12.7. The summed E-state index contributed by atoms with van der Waals surface area (Å²) in [5.41, 5.74) is 1.45.